The molecule has 3 rings (SSSR count). The van der Waals surface area contributed by atoms with Crippen molar-refractivity contribution in [1.29, 1.82) is 0 Å². The lowest BCUT2D eigenvalue weighted by Gasteiger charge is -2.14. The molecule has 3 N–H and O–H groups in total. The molecule has 1 aromatic heterocycles. The number of benzene rings is 1. The molecule has 1 fully saturated rings. The molecule has 0 bridgehead atoms. The fourth-order valence-corrected chi connectivity index (χ4v) is 2.36. The predicted molar refractivity (Wildman–Crippen MR) is 83.3 cm³/mol. The molecule has 1 saturated heterocycles. The summed E-state index contributed by atoms with van der Waals surface area (Å²) in [6, 6.07) is 7.12. The van der Waals surface area contributed by atoms with Crippen LogP contribution in [-0.4, -0.2) is 51.5 Å². The molecule has 2 aromatic rings. The Bertz CT molecular complexity index is 602. The lowest BCUT2D eigenvalue weighted by atomic mass is 10.1. The van der Waals surface area contributed by atoms with Crippen molar-refractivity contribution >= 4 is 18.3 Å². The highest BCUT2D eigenvalue weighted by atomic mass is 35.5. The van der Waals surface area contributed by atoms with Gasteiger partial charge in [-0.1, -0.05) is 0 Å². The van der Waals surface area contributed by atoms with Crippen molar-refractivity contribution in [3.05, 3.63) is 42.5 Å². The maximum Gasteiger partial charge on any atom is 0.251 e. The average Bonchev–Trinajstić information content (AvgIpc) is 3.17. The zero-order valence-electron chi connectivity index (χ0n) is 11.8. The van der Waals surface area contributed by atoms with Crippen LogP contribution in [-0.2, 0) is 0 Å². The van der Waals surface area contributed by atoms with Gasteiger partial charge in [-0.05, 0) is 24.3 Å². The topological polar surface area (TPSA) is 92.1 Å². The smallest absolute Gasteiger partial charge is 0.251 e. The number of aliphatic hydroxyl groups excluding tert-OH is 1. The first kappa shape index (κ1) is 16.4. The molecule has 1 amide bonds. The number of nitrogens with zero attached hydrogens (tertiary/aromatic N) is 3. The Balaban J connectivity index is 0.00000176. The third kappa shape index (κ3) is 3.62. The quantitative estimate of drug-likeness (QED) is 0.736. The van der Waals surface area contributed by atoms with Crippen LogP contribution in [0, 0.1) is 5.92 Å². The van der Waals surface area contributed by atoms with Crippen LogP contribution in [0.25, 0.3) is 5.69 Å². The van der Waals surface area contributed by atoms with E-state index < -0.39 is 0 Å². The van der Waals surface area contributed by atoms with E-state index in [1.807, 2.05) is 12.1 Å². The number of halogens is 1. The Hall–Kier alpha value is -1.96. The first-order chi connectivity index (χ1) is 10.2. The molecule has 0 radical (unpaired) electrons. The van der Waals surface area contributed by atoms with Gasteiger partial charge < -0.3 is 15.7 Å². The largest absolute Gasteiger partial charge is 0.391 e. The number of hydrogen-bond acceptors (Lipinski definition) is 5. The van der Waals surface area contributed by atoms with Crippen molar-refractivity contribution < 1.29 is 9.90 Å². The maximum atomic E-state index is 12.1. The highest BCUT2D eigenvalue weighted by Crippen LogP contribution is 2.10. The molecule has 22 heavy (non-hydrogen) atoms. The predicted octanol–water partition coefficient (Wildman–Crippen LogP) is -0.000800. The van der Waals surface area contributed by atoms with Crippen molar-refractivity contribution in [2.45, 2.75) is 6.10 Å². The minimum Gasteiger partial charge on any atom is -0.391 e. The van der Waals surface area contributed by atoms with E-state index in [0.717, 1.165) is 12.2 Å². The zero-order valence-corrected chi connectivity index (χ0v) is 12.7. The Labute approximate surface area is 134 Å². The van der Waals surface area contributed by atoms with Crippen molar-refractivity contribution in [2.24, 2.45) is 5.92 Å². The van der Waals surface area contributed by atoms with Crippen LogP contribution < -0.4 is 10.6 Å². The summed E-state index contributed by atoms with van der Waals surface area (Å²) in [5, 5.41) is 19.7. The van der Waals surface area contributed by atoms with Gasteiger partial charge in [0.25, 0.3) is 5.91 Å². The van der Waals surface area contributed by atoms with E-state index in [4.69, 9.17) is 0 Å². The number of amides is 1. The third-order valence-corrected chi connectivity index (χ3v) is 3.64. The first-order valence-electron chi connectivity index (χ1n) is 6.86. The second-order valence-corrected chi connectivity index (χ2v) is 5.08. The molecule has 0 aliphatic carbocycles. The van der Waals surface area contributed by atoms with Gasteiger partial charge in [0.15, 0.2) is 0 Å². The summed E-state index contributed by atoms with van der Waals surface area (Å²) in [6.45, 7) is 1.79. The van der Waals surface area contributed by atoms with Gasteiger partial charge in [-0.25, -0.2) is 9.67 Å². The van der Waals surface area contributed by atoms with Gasteiger partial charge in [-0.3, -0.25) is 4.79 Å². The van der Waals surface area contributed by atoms with E-state index in [-0.39, 0.29) is 30.3 Å². The van der Waals surface area contributed by atoms with Gasteiger partial charge >= 0.3 is 0 Å². The molecular weight excluding hydrogens is 306 g/mol. The van der Waals surface area contributed by atoms with Crippen LogP contribution in [0.15, 0.2) is 36.9 Å². The molecular formula is C14H18ClN5O2. The number of hydrogen-bond donors (Lipinski definition) is 3. The highest BCUT2D eigenvalue weighted by molar-refractivity contribution is 5.94. The van der Waals surface area contributed by atoms with Gasteiger partial charge in [-0.2, -0.15) is 5.10 Å². The van der Waals surface area contributed by atoms with Crippen molar-refractivity contribution in [2.75, 3.05) is 19.6 Å². The minimum atomic E-state index is -0.389. The first-order valence-corrected chi connectivity index (χ1v) is 6.86. The Morgan fingerprint density at radius 2 is 2.14 bits per heavy atom. The monoisotopic (exact) mass is 323 g/mol. The normalized spacial score (nSPS) is 20.4. The van der Waals surface area contributed by atoms with E-state index in [9.17, 15) is 9.90 Å². The molecule has 1 aliphatic heterocycles. The molecule has 0 spiro atoms. The van der Waals surface area contributed by atoms with Crippen molar-refractivity contribution in [3.63, 3.8) is 0 Å². The van der Waals surface area contributed by atoms with Gasteiger partial charge in [0.1, 0.15) is 12.7 Å². The van der Waals surface area contributed by atoms with Crippen LogP contribution in [0.4, 0.5) is 0 Å². The Morgan fingerprint density at radius 1 is 1.36 bits per heavy atom. The van der Waals surface area contributed by atoms with Crippen LogP contribution in [0.1, 0.15) is 10.4 Å². The molecule has 118 valence electrons. The lowest BCUT2D eigenvalue weighted by Crippen LogP contribution is -2.34. The summed E-state index contributed by atoms with van der Waals surface area (Å²) < 4.78 is 1.63. The van der Waals surface area contributed by atoms with E-state index >= 15 is 0 Å². The van der Waals surface area contributed by atoms with Crippen LogP contribution >= 0.6 is 12.4 Å². The molecule has 1 aliphatic rings. The summed E-state index contributed by atoms with van der Waals surface area (Å²) in [5.41, 5.74) is 1.43. The molecule has 2 unspecified atom stereocenters. The highest BCUT2D eigenvalue weighted by Gasteiger charge is 2.25. The fraction of sp³-hybridized carbons (Fsp3) is 0.357. The summed E-state index contributed by atoms with van der Waals surface area (Å²) in [7, 11) is 0. The molecule has 2 atom stereocenters. The lowest BCUT2D eigenvalue weighted by molar-refractivity contribution is 0.0927. The minimum absolute atomic E-state index is 0. The third-order valence-electron chi connectivity index (χ3n) is 3.64. The number of aromatic nitrogens is 3. The summed E-state index contributed by atoms with van der Waals surface area (Å²) >= 11 is 0. The average molecular weight is 324 g/mol. The van der Waals surface area contributed by atoms with E-state index in [2.05, 4.69) is 20.7 Å². The molecule has 1 aromatic carbocycles. The number of aliphatic hydroxyl groups is 1. The zero-order chi connectivity index (χ0) is 14.7. The SMILES string of the molecule is Cl.O=C(NCC1CNCC1O)c1ccc(-n2cncn2)cc1. The van der Waals surface area contributed by atoms with Gasteiger partial charge in [0.2, 0.25) is 0 Å². The Morgan fingerprint density at radius 3 is 2.73 bits per heavy atom. The van der Waals surface area contributed by atoms with Crippen LogP contribution in [0.5, 0.6) is 0 Å². The summed E-state index contributed by atoms with van der Waals surface area (Å²) in [4.78, 5) is 15.9. The Kier molecular flexibility index (Phi) is 5.48. The number of carbonyl (C=O) groups excluding carboxylic acids is 1. The fourth-order valence-electron chi connectivity index (χ4n) is 2.36. The molecule has 8 heteroatoms. The van der Waals surface area contributed by atoms with Gasteiger partial charge in [0, 0.05) is 31.1 Å². The van der Waals surface area contributed by atoms with Crippen LogP contribution in [0.3, 0.4) is 0 Å². The summed E-state index contributed by atoms with van der Waals surface area (Å²) in [6.07, 6.45) is 2.67. The molecule has 2 heterocycles. The van der Waals surface area contributed by atoms with E-state index in [1.54, 1.807) is 23.1 Å². The van der Waals surface area contributed by atoms with Gasteiger partial charge in [-0.15, -0.1) is 12.4 Å². The maximum absolute atomic E-state index is 12.1. The molecule has 7 nitrogen and oxygen atoms in total. The van der Waals surface area contributed by atoms with E-state index in [1.165, 1.54) is 6.33 Å². The van der Waals surface area contributed by atoms with Crippen molar-refractivity contribution in [1.82, 2.24) is 25.4 Å². The van der Waals surface area contributed by atoms with Crippen molar-refractivity contribution in [3.8, 4) is 5.69 Å². The summed E-state index contributed by atoms with van der Waals surface area (Å²) in [5.74, 6) is -0.0670. The number of carbonyl (C=O) groups is 1. The number of β-amino-alcohol motifs (C(OH)–C–C–N with tert-alkyl or cyclic N) is 1. The number of nitrogens with one attached hydrogen (secondary N) is 2. The van der Waals surface area contributed by atoms with Crippen LogP contribution in [0.2, 0.25) is 0 Å². The standard InChI is InChI=1S/C14H17N5O2.ClH/c20-13-7-15-5-11(13)6-17-14(21)10-1-3-12(4-2-10)19-9-16-8-18-19;/h1-4,8-9,11,13,15,20H,5-7H2,(H,17,21);1H. The number of rotatable bonds is 4. The van der Waals surface area contributed by atoms with E-state index in [0.29, 0.717) is 18.7 Å². The second-order valence-electron chi connectivity index (χ2n) is 5.08. The van der Waals surface area contributed by atoms with Gasteiger partial charge in [0.05, 0.1) is 11.8 Å². The molecule has 0 saturated carbocycles. The second kappa shape index (κ2) is 7.35.